The zero-order valence-corrected chi connectivity index (χ0v) is 11.5. The third-order valence-corrected chi connectivity index (χ3v) is 3.12. The second kappa shape index (κ2) is 5.94. The van der Waals surface area contributed by atoms with Crippen LogP contribution in [0.5, 0.6) is 0 Å². The summed E-state index contributed by atoms with van der Waals surface area (Å²) in [5, 5.41) is 2.48. The minimum Gasteiger partial charge on any atom is -0.335 e. The number of para-hydroxylation sites is 1. The van der Waals surface area contributed by atoms with E-state index in [9.17, 15) is 9.18 Å². The fraction of sp³-hybridized carbons (Fsp3) is 0.167. The SMILES string of the molecule is NCCn1cnc(C(=O)Nc2c(F)cccc2Br)c1. The van der Waals surface area contributed by atoms with Gasteiger partial charge in [0.25, 0.3) is 5.91 Å². The molecule has 5 nitrogen and oxygen atoms in total. The molecule has 1 amide bonds. The lowest BCUT2D eigenvalue weighted by Gasteiger charge is -2.06. The Hall–Kier alpha value is -1.73. The predicted octanol–water partition coefficient (Wildman–Crippen LogP) is 2.00. The van der Waals surface area contributed by atoms with E-state index in [1.54, 1.807) is 22.9 Å². The lowest BCUT2D eigenvalue weighted by Crippen LogP contribution is -2.14. The van der Waals surface area contributed by atoms with Crippen LogP contribution in [0.25, 0.3) is 0 Å². The number of nitrogens with one attached hydrogen (secondary N) is 1. The number of amides is 1. The maximum Gasteiger partial charge on any atom is 0.275 e. The number of nitrogens with two attached hydrogens (primary N) is 1. The Bertz CT molecular complexity index is 579. The fourth-order valence-electron chi connectivity index (χ4n) is 1.54. The molecule has 0 aliphatic rings. The minimum atomic E-state index is -0.510. The van der Waals surface area contributed by atoms with Crippen LogP contribution < -0.4 is 11.1 Å². The maximum atomic E-state index is 13.6. The smallest absolute Gasteiger partial charge is 0.275 e. The predicted molar refractivity (Wildman–Crippen MR) is 73.3 cm³/mol. The van der Waals surface area contributed by atoms with Crippen LogP contribution in [0.4, 0.5) is 10.1 Å². The molecule has 1 aromatic heterocycles. The summed E-state index contributed by atoms with van der Waals surface area (Å²) >= 11 is 3.18. The number of imidazole rings is 1. The highest BCUT2D eigenvalue weighted by atomic mass is 79.9. The van der Waals surface area contributed by atoms with Crippen LogP contribution in [0, 0.1) is 5.82 Å². The van der Waals surface area contributed by atoms with Gasteiger partial charge in [0.2, 0.25) is 0 Å². The van der Waals surface area contributed by atoms with Crippen molar-refractivity contribution in [3.63, 3.8) is 0 Å². The molecule has 0 aliphatic carbocycles. The summed E-state index contributed by atoms with van der Waals surface area (Å²) in [4.78, 5) is 15.9. The Morgan fingerprint density at radius 2 is 2.32 bits per heavy atom. The molecule has 0 unspecified atom stereocenters. The molecule has 0 saturated heterocycles. The zero-order chi connectivity index (χ0) is 13.8. The van der Waals surface area contributed by atoms with Crippen LogP contribution in [0.15, 0.2) is 35.2 Å². The molecule has 0 atom stereocenters. The number of carbonyl (C=O) groups excluding carboxylic acids is 1. The number of rotatable bonds is 4. The summed E-state index contributed by atoms with van der Waals surface area (Å²) in [5.41, 5.74) is 5.71. The summed E-state index contributed by atoms with van der Waals surface area (Å²) in [6, 6.07) is 4.46. The van der Waals surface area contributed by atoms with Gasteiger partial charge in [0.15, 0.2) is 0 Å². The van der Waals surface area contributed by atoms with E-state index >= 15 is 0 Å². The zero-order valence-electron chi connectivity index (χ0n) is 9.94. The number of carbonyl (C=O) groups is 1. The first-order valence-corrected chi connectivity index (χ1v) is 6.38. The molecule has 1 aromatic carbocycles. The first-order valence-electron chi connectivity index (χ1n) is 5.59. The average molecular weight is 327 g/mol. The van der Waals surface area contributed by atoms with Crippen molar-refractivity contribution < 1.29 is 9.18 Å². The molecule has 0 fully saturated rings. The molecule has 0 aliphatic heterocycles. The molecule has 0 radical (unpaired) electrons. The molecule has 2 aromatic rings. The van der Waals surface area contributed by atoms with Crippen molar-refractivity contribution in [3.05, 3.63) is 46.7 Å². The first-order chi connectivity index (χ1) is 9.11. The highest BCUT2D eigenvalue weighted by Gasteiger charge is 2.14. The van der Waals surface area contributed by atoms with Gasteiger partial charge in [-0.05, 0) is 28.1 Å². The van der Waals surface area contributed by atoms with Gasteiger partial charge < -0.3 is 15.6 Å². The van der Waals surface area contributed by atoms with Crippen LogP contribution in [-0.2, 0) is 6.54 Å². The van der Waals surface area contributed by atoms with Gasteiger partial charge in [0, 0.05) is 23.8 Å². The normalized spacial score (nSPS) is 10.5. The van der Waals surface area contributed by atoms with Crippen LogP contribution in [0.1, 0.15) is 10.5 Å². The standard InChI is InChI=1S/C12H12BrFN4O/c13-8-2-1-3-9(14)11(8)17-12(19)10-6-18(5-4-15)7-16-10/h1-3,6-7H,4-5,15H2,(H,17,19). The van der Waals surface area contributed by atoms with Crippen molar-refractivity contribution >= 4 is 27.5 Å². The molecule has 0 bridgehead atoms. The summed E-state index contributed by atoms with van der Waals surface area (Å²) in [7, 11) is 0. The van der Waals surface area contributed by atoms with Gasteiger partial charge in [-0.15, -0.1) is 0 Å². The van der Waals surface area contributed by atoms with Gasteiger partial charge in [0.05, 0.1) is 12.0 Å². The number of hydrogen-bond acceptors (Lipinski definition) is 3. The van der Waals surface area contributed by atoms with E-state index in [2.05, 4.69) is 26.2 Å². The highest BCUT2D eigenvalue weighted by Crippen LogP contribution is 2.25. The van der Waals surface area contributed by atoms with Gasteiger partial charge >= 0.3 is 0 Å². The van der Waals surface area contributed by atoms with Crippen LogP contribution in [0.2, 0.25) is 0 Å². The molecule has 7 heteroatoms. The van der Waals surface area contributed by atoms with Gasteiger partial charge in [-0.3, -0.25) is 4.79 Å². The Balaban J connectivity index is 2.16. The summed E-state index contributed by atoms with van der Waals surface area (Å²) in [6.07, 6.45) is 3.08. The molecule has 100 valence electrons. The Morgan fingerprint density at radius 3 is 3.00 bits per heavy atom. The van der Waals surface area contributed by atoms with Crippen molar-refractivity contribution in [1.29, 1.82) is 0 Å². The van der Waals surface area contributed by atoms with Crippen LogP contribution >= 0.6 is 15.9 Å². The Labute approximate surface area is 117 Å². The monoisotopic (exact) mass is 326 g/mol. The van der Waals surface area contributed by atoms with E-state index < -0.39 is 11.7 Å². The molecule has 19 heavy (non-hydrogen) atoms. The van der Waals surface area contributed by atoms with E-state index in [-0.39, 0.29) is 11.4 Å². The van der Waals surface area contributed by atoms with E-state index in [4.69, 9.17) is 5.73 Å². The third-order valence-electron chi connectivity index (χ3n) is 2.45. The maximum absolute atomic E-state index is 13.6. The Morgan fingerprint density at radius 1 is 1.53 bits per heavy atom. The number of halogens is 2. The molecule has 0 saturated carbocycles. The van der Waals surface area contributed by atoms with Crippen molar-refractivity contribution in [2.75, 3.05) is 11.9 Å². The number of hydrogen-bond donors (Lipinski definition) is 2. The number of anilines is 1. The van der Waals surface area contributed by atoms with Gasteiger partial charge in [-0.1, -0.05) is 6.07 Å². The highest BCUT2D eigenvalue weighted by molar-refractivity contribution is 9.10. The number of aromatic nitrogens is 2. The van der Waals surface area contributed by atoms with Gasteiger partial charge in [-0.25, -0.2) is 9.37 Å². The summed E-state index contributed by atoms with van der Waals surface area (Å²) < 4.78 is 15.7. The molecule has 3 N–H and O–H groups in total. The topological polar surface area (TPSA) is 72.9 Å². The van der Waals surface area contributed by atoms with E-state index in [0.29, 0.717) is 17.6 Å². The largest absolute Gasteiger partial charge is 0.335 e. The lowest BCUT2D eigenvalue weighted by molar-refractivity contribution is 0.102. The summed E-state index contributed by atoms with van der Waals surface area (Å²) in [6.45, 7) is 1.03. The molecule has 0 spiro atoms. The van der Waals surface area contributed by atoms with Gasteiger partial charge in [-0.2, -0.15) is 0 Å². The summed E-state index contributed by atoms with van der Waals surface area (Å²) in [5.74, 6) is -0.981. The van der Waals surface area contributed by atoms with Crippen LogP contribution in [-0.4, -0.2) is 22.0 Å². The van der Waals surface area contributed by atoms with Crippen molar-refractivity contribution in [3.8, 4) is 0 Å². The number of benzene rings is 1. The van der Waals surface area contributed by atoms with Crippen molar-refractivity contribution in [1.82, 2.24) is 9.55 Å². The molecule has 1 heterocycles. The third kappa shape index (κ3) is 3.18. The van der Waals surface area contributed by atoms with Crippen molar-refractivity contribution in [2.45, 2.75) is 6.54 Å². The second-order valence-corrected chi connectivity index (χ2v) is 4.69. The minimum absolute atomic E-state index is 0.0980. The quantitative estimate of drug-likeness (QED) is 0.902. The van der Waals surface area contributed by atoms with E-state index in [1.807, 2.05) is 0 Å². The average Bonchev–Trinajstić information content (AvgIpc) is 2.83. The molecular formula is C12H12BrFN4O. The number of nitrogens with zero attached hydrogens (tertiary/aromatic N) is 2. The van der Waals surface area contributed by atoms with E-state index in [1.165, 1.54) is 12.4 Å². The molecule has 2 rings (SSSR count). The van der Waals surface area contributed by atoms with Gasteiger partial charge in [0.1, 0.15) is 11.5 Å². The lowest BCUT2D eigenvalue weighted by atomic mass is 10.3. The Kier molecular flexibility index (Phi) is 4.28. The second-order valence-electron chi connectivity index (χ2n) is 3.84. The first kappa shape index (κ1) is 13.7. The van der Waals surface area contributed by atoms with E-state index in [0.717, 1.165) is 0 Å². The van der Waals surface area contributed by atoms with Crippen molar-refractivity contribution in [2.24, 2.45) is 5.73 Å². The van der Waals surface area contributed by atoms with Crippen LogP contribution in [0.3, 0.4) is 0 Å². The molecular weight excluding hydrogens is 315 g/mol. The fourth-order valence-corrected chi connectivity index (χ4v) is 1.98.